The van der Waals surface area contributed by atoms with Gasteiger partial charge in [0.2, 0.25) is 5.95 Å². The zero-order valence-corrected chi connectivity index (χ0v) is 15.2. The van der Waals surface area contributed by atoms with Crippen molar-refractivity contribution >= 4 is 16.9 Å². The van der Waals surface area contributed by atoms with Crippen LogP contribution in [-0.2, 0) is 20.0 Å². The molecular weight excluding hydrogens is 330 g/mol. The summed E-state index contributed by atoms with van der Waals surface area (Å²) in [5.74, 6) is 2.15. The molecule has 134 valence electrons. The van der Waals surface area contributed by atoms with Crippen molar-refractivity contribution in [2.75, 3.05) is 25.7 Å². The Labute approximate surface area is 151 Å². The fraction of sp³-hybridized carbons (Fsp3) is 0.300. The van der Waals surface area contributed by atoms with Gasteiger partial charge in [-0.25, -0.2) is 4.98 Å². The van der Waals surface area contributed by atoms with Crippen molar-refractivity contribution in [1.29, 1.82) is 0 Å². The van der Waals surface area contributed by atoms with Gasteiger partial charge in [0.25, 0.3) is 5.56 Å². The fourth-order valence-electron chi connectivity index (χ4n) is 3.54. The van der Waals surface area contributed by atoms with Crippen LogP contribution in [0.25, 0.3) is 10.9 Å². The van der Waals surface area contributed by atoms with E-state index in [1.165, 1.54) is 5.56 Å². The highest BCUT2D eigenvalue weighted by atomic mass is 16.5. The average Bonchev–Trinajstić information content (AvgIpc) is 2.69. The Kier molecular flexibility index (Phi) is 4.03. The van der Waals surface area contributed by atoms with Crippen molar-refractivity contribution in [1.82, 2.24) is 9.55 Å². The third-order valence-electron chi connectivity index (χ3n) is 4.96. The monoisotopic (exact) mass is 351 g/mol. The van der Waals surface area contributed by atoms with Crippen LogP contribution in [0.5, 0.6) is 11.5 Å². The number of methoxy groups -OCH3 is 2. The van der Waals surface area contributed by atoms with Crippen molar-refractivity contribution in [3.63, 3.8) is 0 Å². The normalized spacial score (nSPS) is 13.6. The summed E-state index contributed by atoms with van der Waals surface area (Å²) < 4.78 is 12.5. The minimum Gasteiger partial charge on any atom is -0.493 e. The number of ether oxygens (including phenoxy) is 2. The van der Waals surface area contributed by atoms with E-state index in [4.69, 9.17) is 14.5 Å². The molecule has 1 aromatic heterocycles. The molecule has 0 atom stereocenters. The van der Waals surface area contributed by atoms with E-state index in [1.807, 2.05) is 36.4 Å². The number of hydrogen-bond donors (Lipinski definition) is 0. The molecule has 4 rings (SSSR count). The molecule has 0 spiro atoms. The highest BCUT2D eigenvalue weighted by molar-refractivity contribution is 5.78. The molecule has 6 nitrogen and oxygen atoms in total. The van der Waals surface area contributed by atoms with E-state index in [-0.39, 0.29) is 5.56 Å². The number of fused-ring (bicyclic) bond motifs is 2. The van der Waals surface area contributed by atoms with Crippen LogP contribution < -0.4 is 19.9 Å². The van der Waals surface area contributed by atoms with Gasteiger partial charge in [0, 0.05) is 20.1 Å². The van der Waals surface area contributed by atoms with Gasteiger partial charge in [-0.15, -0.1) is 0 Å². The first-order valence-electron chi connectivity index (χ1n) is 8.57. The molecule has 3 aromatic rings. The van der Waals surface area contributed by atoms with Gasteiger partial charge in [-0.1, -0.05) is 12.1 Å². The summed E-state index contributed by atoms with van der Waals surface area (Å²) in [7, 11) is 5.06. The summed E-state index contributed by atoms with van der Waals surface area (Å²) in [5.41, 5.74) is 3.11. The van der Waals surface area contributed by atoms with Crippen LogP contribution in [0.3, 0.4) is 0 Å². The number of hydrogen-bond acceptors (Lipinski definition) is 5. The van der Waals surface area contributed by atoms with Crippen LogP contribution >= 0.6 is 0 Å². The van der Waals surface area contributed by atoms with Crippen molar-refractivity contribution in [3.8, 4) is 11.5 Å². The molecule has 0 N–H and O–H groups in total. The Morgan fingerprint density at radius 3 is 2.46 bits per heavy atom. The van der Waals surface area contributed by atoms with Gasteiger partial charge in [0.15, 0.2) is 11.5 Å². The van der Waals surface area contributed by atoms with Crippen LogP contribution in [0.15, 0.2) is 41.2 Å². The SMILES string of the molecule is COc1cc2c(cc1OC)CN(c1nc3ccccc3c(=O)n1C)CC2. The molecule has 2 heterocycles. The molecule has 0 saturated heterocycles. The number of para-hydroxylation sites is 1. The predicted octanol–water partition coefficient (Wildman–Crippen LogP) is 2.51. The van der Waals surface area contributed by atoms with Crippen LogP contribution in [0, 0.1) is 0 Å². The molecule has 0 bridgehead atoms. The van der Waals surface area contributed by atoms with Crippen molar-refractivity contribution in [3.05, 3.63) is 57.9 Å². The first-order valence-corrected chi connectivity index (χ1v) is 8.57. The van der Waals surface area contributed by atoms with Crippen LogP contribution in [0.4, 0.5) is 5.95 Å². The van der Waals surface area contributed by atoms with E-state index in [0.717, 1.165) is 29.8 Å². The number of nitrogens with zero attached hydrogens (tertiary/aromatic N) is 3. The average molecular weight is 351 g/mol. The third-order valence-corrected chi connectivity index (χ3v) is 4.96. The lowest BCUT2D eigenvalue weighted by Crippen LogP contribution is -2.36. The maximum absolute atomic E-state index is 12.7. The van der Waals surface area contributed by atoms with Gasteiger partial charge in [-0.3, -0.25) is 9.36 Å². The maximum Gasteiger partial charge on any atom is 0.262 e. The Bertz CT molecular complexity index is 1040. The van der Waals surface area contributed by atoms with Gasteiger partial charge < -0.3 is 14.4 Å². The first-order chi connectivity index (χ1) is 12.6. The maximum atomic E-state index is 12.7. The van der Waals surface area contributed by atoms with E-state index >= 15 is 0 Å². The summed E-state index contributed by atoms with van der Waals surface area (Å²) >= 11 is 0. The van der Waals surface area contributed by atoms with Crippen molar-refractivity contribution in [2.24, 2.45) is 7.05 Å². The summed E-state index contributed by atoms with van der Waals surface area (Å²) in [6, 6.07) is 11.5. The number of benzene rings is 2. The molecule has 26 heavy (non-hydrogen) atoms. The molecular formula is C20H21N3O3. The Hall–Kier alpha value is -3.02. The quantitative estimate of drug-likeness (QED) is 0.726. The van der Waals surface area contributed by atoms with E-state index in [9.17, 15) is 4.79 Å². The summed E-state index contributed by atoms with van der Waals surface area (Å²) in [6.45, 7) is 1.47. The second-order valence-corrected chi connectivity index (χ2v) is 6.44. The highest BCUT2D eigenvalue weighted by Crippen LogP contribution is 2.34. The lowest BCUT2D eigenvalue weighted by molar-refractivity contribution is 0.353. The smallest absolute Gasteiger partial charge is 0.262 e. The van der Waals surface area contributed by atoms with Gasteiger partial charge in [-0.2, -0.15) is 0 Å². The molecule has 0 fully saturated rings. The lowest BCUT2D eigenvalue weighted by Gasteiger charge is -2.31. The molecule has 0 amide bonds. The Morgan fingerprint density at radius 2 is 1.73 bits per heavy atom. The predicted molar refractivity (Wildman–Crippen MR) is 101 cm³/mol. The number of anilines is 1. The summed E-state index contributed by atoms with van der Waals surface area (Å²) in [5, 5.41) is 0.641. The zero-order chi connectivity index (χ0) is 18.3. The van der Waals surface area contributed by atoms with Gasteiger partial charge in [0.05, 0.1) is 25.1 Å². The third kappa shape index (κ3) is 2.58. The molecule has 0 saturated carbocycles. The van der Waals surface area contributed by atoms with Crippen molar-refractivity contribution < 1.29 is 9.47 Å². The topological polar surface area (TPSA) is 56.6 Å². The standard InChI is InChI=1S/C20H21N3O3/c1-22-19(24)15-6-4-5-7-16(15)21-20(22)23-9-8-13-10-17(25-2)18(26-3)11-14(13)12-23/h4-7,10-11H,8-9,12H2,1-3H3. The van der Waals surface area contributed by atoms with Crippen LogP contribution in [0.2, 0.25) is 0 Å². The second kappa shape index (κ2) is 6.37. The minimum atomic E-state index is -0.0243. The number of rotatable bonds is 3. The van der Waals surface area contributed by atoms with E-state index in [0.29, 0.717) is 23.6 Å². The molecule has 1 aliphatic rings. The van der Waals surface area contributed by atoms with E-state index in [2.05, 4.69) is 4.90 Å². The molecule has 0 aliphatic carbocycles. The minimum absolute atomic E-state index is 0.0243. The van der Waals surface area contributed by atoms with E-state index < -0.39 is 0 Å². The Morgan fingerprint density at radius 1 is 1.04 bits per heavy atom. The van der Waals surface area contributed by atoms with Gasteiger partial charge in [-0.05, 0) is 41.8 Å². The van der Waals surface area contributed by atoms with Crippen LogP contribution in [-0.4, -0.2) is 30.3 Å². The summed E-state index contributed by atoms with van der Waals surface area (Å²) in [4.78, 5) is 19.6. The molecule has 2 aromatic carbocycles. The van der Waals surface area contributed by atoms with Gasteiger partial charge >= 0.3 is 0 Å². The molecule has 0 radical (unpaired) electrons. The lowest BCUT2D eigenvalue weighted by atomic mass is 9.99. The van der Waals surface area contributed by atoms with Crippen molar-refractivity contribution in [2.45, 2.75) is 13.0 Å². The van der Waals surface area contributed by atoms with E-state index in [1.54, 1.807) is 25.8 Å². The van der Waals surface area contributed by atoms with Crippen LogP contribution in [0.1, 0.15) is 11.1 Å². The Balaban J connectivity index is 1.77. The second-order valence-electron chi connectivity index (χ2n) is 6.44. The first kappa shape index (κ1) is 16.4. The zero-order valence-electron chi connectivity index (χ0n) is 15.2. The largest absolute Gasteiger partial charge is 0.493 e. The highest BCUT2D eigenvalue weighted by Gasteiger charge is 2.22. The molecule has 6 heteroatoms. The van der Waals surface area contributed by atoms with Gasteiger partial charge in [0.1, 0.15) is 0 Å². The molecule has 0 unspecified atom stereocenters. The summed E-state index contributed by atoms with van der Waals surface area (Å²) in [6.07, 6.45) is 0.860. The molecule has 1 aliphatic heterocycles. The number of aromatic nitrogens is 2. The fourth-order valence-corrected chi connectivity index (χ4v) is 3.54.